The Morgan fingerprint density at radius 2 is 2.18 bits per heavy atom. The van der Waals surface area contributed by atoms with E-state index in [1.807, 2.05) is 13.0 Å². The molecule has 0 radical (unpaired) electrons. The third-order valence-electron chi connectivity index (χ3n) is 4.39. The third-order valence-corrected chi connectivity index (χ3v) is 4.75. The van der Waals surface area contributed by atoms with Crippen molar-refractivity contribution in [2.45, 2.75) is 53.1 Å². The molecular weight excluding hydrogens is 378 g/mol. The number of furan rings is 1. The molecule has 2 aromatic rings. The van der Waals surface area contributed by atoms with Gasteiger partial charge >= 0.3 is 5.69 Å². The summed E-state index contributed by atoms with van der Waals surface area (Å²) < 4.78 is 6.72. The number of thiocarbonyl (C=S) groups is 1. The number of rotatable bonds is 9. The van der Waals surface area contributed by atoms with Crippen LogP contribution in [0.5, 0.6) is 0 Å². The first-order valence-electron chi connectivity index (χ1n) is 9.55. The molecule has 2 heterocycles. The van der Waals surface area contributed by atoms with Crippen molar-refractivity contribution in [3.8, 4) is 0 Å². The standard InChI is InChI=1S/C19H29N5O3S/c1-4-5-9-24-16(20)15(17(25)22-18(24)26)23(10-8-13(2)3)19(28)21-12-14-7-6-11-27-14/h6-7,11,13H,4-5,8-10,12,20H2,1-3H3,(H,21,28)(H,22,25,26). The molecule has 2 aromatic heterocycles. The monoisotopic (exact) mass is 407 g/mol. The van der Waals surface area contributed by atoms with Gasteiger partial charge in [-0.15, -0.1) is 0 Å². The van der Waals surface area contributed by atoms with E-state index >= 15 is 0 Å². The van der Waals surface area contributed by atoms with Gasteiger partial charge in [-0.2, -0.15) is 0 Å². The molecule has 8 nitrogen and oxygen atoms in total. The van der Waals surface area contributed by atoms with E-state index in [0.717, 1.165) is 25.0 Å². The third kappa shape index (κ3) is 5.48. The number of aromatic nitrogens is 2. The SMILES string of the molecule is CCCCn1c(N)c(N(CCC(C)C)C(=S)NCc2ccco2)c(=O)[nH]c1=O. The van der Waals surface area contributed by atoms with Crippen LogP contribution in [0.15, 0.2) is 32.4 Å². The summed E-state index contributed by atoms with van der Waals surface area (Å²) in [6, 6.07) is 3.63. The minimum Gasteiger partial charge on any atom is -0.467 e. The summed E-state index contributed by atoms with van der Waals surface area (Å²) in [5, 5.41) is 3.46. The molecule has 4 N–H and O–H groups in total. The van der Waals surface area contributed by atoms with Gasteiger partial charge in [-0.1, -0.05) is 27.2 Å². The van der Waals surface area contributed by atoms with Crippen LogP contribution in [0, 0.1) is 5.92 Å². The molecular formula is C19H29N5O3S. The fraction of sp³-hybridized carbons (Fsp3) is 0.526. The lowest BCUT2D eigenvalue weighted by molar-refractivity contribution is 0.502. The maximum absolute atomic E-state index is 12.6. The molecule has 0 spiro atoms. The molecule has 0 aliphatic heterocycles. The van der Waals surface area contributed by atoms with Crippen LogP contribution in [0.3, 0.4) is 0 Å². The van der Waals surface area contributed by atoms with E-state index in [2.05, 4.69) is 24.1 Å². The van der Waals surface area contributed by atoms with Crippen LogP contribution in [0.4, 0.5) is 11.5 Å². The van der Waals surface area contributed by atoms with Gasteiger partial charge in [0, 0.05) is 13.1 Å². The number of hydrogen-bond donors (Lipinski definition) is 3. The predicted molar refractivity (Wildman–Crippen MR) is 116 cm³/mol. The summed E-state index contributed by atoms with van der Waals surface area (Å²) in [6.07, 6.45) is 4.07. The van der Waals surface area contributed by atoms with Crippen LogP contribution in [0.2, 0.25) is 0 Å². The Bertz CT molecular complexity index is 886. The van der Waals surface area contributed by atoms with Crippen molar-refractivity contribution in [1.82, 2.24) is 14.9 Å². The second-order valence-electron chi connectivity index (χ2n) is 7.07. The molecule has 0 saturated carbocycles. The van der Waals surface area contributed by atoms with E-state index in [1.54, 1.807) is 17.2 Å². The largest absolute Gasteiger partial charge is 0.467 e. The molecule has 0 atom stereocenters. The van der Waals surface area contributed by atoms with Crippen molar-refractivity contribution in [1.29, 1.82) is 0 Å². The van der Waals surface area contributed by atoms with Crippen molar-refractivity contribution in [2.75, 3.05) is 17.2 Å². The highest BCUT2D eigenvalue weighted by Crippen LogP contribution is 2.19. The number of H-pyrrole nitrogens is 1. The lowest BCUT2D eigenvalue weighted by Gasteiger charge is -2.27. The van der Waals surface area contributed by atoms with Crippen molar-refractivity contribution >= 4 is 28.8 Å². The van der Waals surface area contributed by atoms with Gasteiger partial charge in [-0.05, 0) is 43.1 Å². The van der Waals surface area contributed by atoms with E-state index < -0.39 is 11.2 Å². The second kappa shape index (κ2) is 10.1. The molecule has 0 fully saturated rings. The average molecular weight is 408 g/mol. The van der Waals surface area contributed by atoms with Gasteiger partial charge in [-0.25, -0.2) is 4.79 Å². The maximum atomic E-state index is 12.6. The minimum atomic E-state index is -0.541. The average Bonchev–Trinajstić information content (AvgIpc) is 3.15. The lowest BCUT2D eigenvalue weighted by atomic mass is 10.1. The van der Waals surface area contributed by atoms with Gasteiger partial charge in [0.25, 0.3) is 5.56 Å². The van der Waals surface area contributed by atoms with Gasteiger partial charge in [0.15, 0.2) is 10.8 Å². The summed E-state index contributed by atoms with van der Waals surface area (Å²) in [5.41, 5.74) is 5.42. The van der Waals surface area contributed by atoms with Crippen molar-refractivity contribution < 1.29 is 4.42 Å². The molecule has 0 aromatic carbocycles. The van der Waals surface area contributed by atoms with Crippen LogP contribution >= 0.6 is 12.2 Å². The number of unbranched alkanes of at least 4 members (excludes halogenated alkanes) is 1. The van der Waals surface area contributed by atoms with Crippen LogP contribution in [-0.2, 0) is 13.1 Å². The van der Waals surface area contributed by atoms with E-state index in [4.69, 9.17) is 22.4 Å². The van der Waals surface area contributed by atoms with E-state index in [1.165, 1.54) is 4.57 Å². The summed E-state index contributed by atoms with van der Waals surface area (Å²) in [4.78, 5) is 28.9. The Hall–Kier alpha value is -2.55. The van der Waals surface area contributed by atoms with Crippen LogP contribution < -0.4 is 27.2 Å². The highest BCUT2D eigenvalue weighted by molar-refractivity contribution is 7.80. The fourth-order valence-corrected chi connectivity index (χ4v) is 3.00. The molecule has 28 heavy (non-hydrogen) atoms. The fourth-order valence-electron chi connectivity index (χ4n) is 2.75. The van der Waals surface area contributed by atoms with E-state index in [9.17, 15) is 9.59 Å². The maximum Gasteiger partial charge on any atom is 0.330 e. The number of nitrogens with one attached hydrogen (secondary N) is 2. The Labute approximate surface area is 169 Å². The molecule has 0 aliphatic rings. The van der Waals surface area contributed by atoms with Gasteiger partial charge < -0.3 is 20.4 Å². The first-order chi connectivity index (χ1) is 13.3. The van der Waals surface area contributed by atoms with E-state index in [-0.39, 0.29) is 11.5 Å². The molecule has 0 amide bonds. The Morgan fingerprint density at radius 3 is 2.79 bits per heavy atom. The number of nitrogens with zero attached hydrogens (tertiary/aromatic N) is 2. The zero-order valence-electron chi connectivity index (χ0n) is 16.7. The minimum absolute atomic E-state index is 0.133. The summed E-state index contributed by atoms with van der Waals surface area (Å²) in [6.45, 7) is 7.53. The Balaban J connectivity index is 2.37. The smallest absolute Gasteiger partial charge is 0.330 e. The Morgan fingerprint density at radius 1 is 1.43 bits per heavy atom. The number of hydrogen-bond acceptors (Lipinski definition) is 5. The van der Waals surface area contributed by atoms with Crippen molar-refractivity contribution in [3.63, 3.8) is 0 Å². The van der Waals surface area contributed by atoms with Gasteiger partial charge in [0.05, 0.1) is 12.8 Å². The van der Waals surface area contributed by atoms with Gasteiger partial charge in [-0.3, -0.25) is 14.3 Å². The topological polar surface area (TPSA) is 109 Å². The lowest BCUT2D eigenvalue weighted by Crippen LogP contribution is -2.45. The molecule has 0 bridgehead atoms. The summed E-state index contributed by atoms with van der Waals surface area (Å²) in [7, 11) is 0. The molecule has 0 aliphatic carbocycles. The molecule has 0 saturated heterocycles. The zero-order valence-corrected chi connectivity index (χ0v) is 17.5. The van der Waals surface area contributed by atoms with Crippen molar-refractivity contribution in [2.24, 2.45) is 5.92 Å². The number of nitrogens with two attached hydrogens (primary N) is 1. The zero-order chi connectivity index (χ0) is 20.7. The number of aromatic amines is 1. The summed E-state index contributed by atoms with van der Waals surface area (Å²) >= 11 is 5.54. The molecule has 2 rings (SSSR count). The Kier molecular flexibility index (Phi) is 7.86. The highest BCUT2D eigenvalue weighted by atomic mass is 32.1. The molecule has 0 unspecified atom stereocenters. The first-order valence-corrected chi connectivity index (χ1v) is 9.96. The molecule has 9 heteroatoms. The van der Waals surface area contributed by atoms with Crippen LogP contribution in [0.25, 0.3) is 0 Å². The van der Waals surface area contributed by atoms with Crippen molar-refractivity contribution in [3.05, 3.63) is 45.0 Å². The number of nitrogen functional groups attached to an aromatic ring is 1. The number of anilines is 2. The van der Waals surface area contributed by atoms with E-state index in [0.29, 0.717) is 30.7 Å². The quantitative estimate of drug-likeness (QED) is 0.548. The van der Waals surface area contributed by atoms with Gasteiger partial charge in [0.1, 0.15) is 11.6 Å². The first kappa shape index (κ1) is 21.7. The highest BCUT2D eigenvalue weighted by Gasteiger charge is 2.22. The van der Waals surface area contributed by atoms with Gasteiger partial charge in [0.2, 0.25) is 0 Å². The molecule has 154 valence electrons. The van der Waals surface area contributed by atoms with Crippen LogP contribution in [-0.4, -0.2) is 21.2 Å². The normalized spacial score (nSPS) is 11.0. The van der Waals surface area contributed by atoms with Crippen LogP contribution in [0.1, 0.15) is 45.8 Å². The predicted octanol–water partition coefficient (Wildman–Crippen LogP) is 2.44. The summed E-state index contributed by atoms with van der Waals surface area (Å²) in [5.74, 6) is 1.26. The second-order valence-corrected chi connectivity index (χ2v) is 7.46.